The molecule has 0 saturated carbocycles. The largest absolute Gasteiger partial charge is 0.329 e. The molecule has 90 valence electrons. The predicted octanol–water partition coefficient (Wildman–Crippen LogP) is 1.83. The Balaban J connectivity index is 2.62. The molecule has 0 radical (unpaired) electrons. The molecule has 2 nitrogen and oxygen atoms in total. The van der Waals surface area contributed by atoms with Crippen molar-refractivity contribution in [3.8, 4) is 0 Å². The summed E-state index contributed by atoms with van der Waals surface area (Å²) in [5.74, 6) is -1.02. The van der Waals surface area contributed by atoms with Crippen molar-refractivity contribution in [2.75, 3.05) is 13.1 Å². The van der Waals surface area contributed by atoms with Crippen LogP contribution in [0.25, 0.3) is 0 Å². The highest BCUT2D eigenvalue weighted by Crippen LogP contribution is 2.12. The van der Waals surface area contributed by atoms with Crippen LogP contribution in [0.15, 0.2) is 18.2 Å². The molecule has 16 heavy (non-hydrogen) atoms. The molecule has 0 saturated heterocycles. The van der Waals surface area contributed by atoms with E-state index in [-0.39, 0.29) is 6.04 Å². The number of benzene rings is 1. The van der Waals surface area contributed by atoms with Crippen molar-refractivity contribution in [1.82, 2.24) is 5.32 Å². The Morgan fingerprint density at radius 3 is 2.69 bits per heavy atom. The van der Waals surface area contributed by atoms with Gasteiger partial charge in [0.05, 0.1) is 0 Å². The first kappa shape index (κ1) is 13.1. The van der Waals surface area contributed by atoms with Gasteiger partial charge in [-0.15, -0.1) is 0 Å². The molecule has 0 aliphatic rings. The van der Waals surface area contributed by atoms with Gasteiger partial charge >= 0.3 is 0 Å². The molecule has 0 heterocycles. The van der Waals surface area contributed by atoms with Crippen molar-refractivity contribution >= 4 is 0 Å². The number of hydrogen-bond donors (Lipinski definition) is 2. The van der Waals surface area contributed by atoms with E-state index in [9.17, 15) is 8.78 Å². The third-order valence-corrected chi connectivity index (χ3v) is 2.55. The van der Waals surface area contributed by atoms with Gasteiger partial charge in [-0.05, 0) is 24.5 Å². The van der Waals surface area contributed by atoms with E-state index < -0.39 is 11.6 Å². The molecular weight excluding hydrogens is 210 g/mol. The van der Waals surface area contributed by atoms with Gasteiger partial charge in [0, 0.05) is 25.2 Å². The smallest absolute Gasteiger partial charge is 0.129 e. The van der Waals surface area contributed by atoms with E-state index in [4.69, 9.17) is 5.73 Å². The van der Waals surface area contributed by atoms with E-state index in [1.165, 1.54) is 12.1 Å². The third-order valence-electron chi connectivity index (χ3n) is 2.55. The molecule has 4 heteroatoms. The lowest BCUT2D eigenvalue weighted by Gasteiger charge is -2.16. The van der Waals surface area contributed by atoms with Crippen molar-refractivity contribution < 1.29 is 8.78 Å². The van der Waals surface area contributed by atoms with Gasteiger partial charge in [0.25, 0.3) is 0 Å². The van der Waals surface area contributed by atoms with Gasteiger partial charge in [-0.1, -0.05) is 13.0 Å². The van der Waals surface area contributed by atoms with Crippen LogP contribution in [0.4, 0.5) is 8.78 Å². The topological polar surface area (TPSA) is 38.0 Å². The average molecular weight is 228 g/mol. The minimum absolute atomic E-state index is 0.184. The maximum Gasteiger partial charge on any atom is 0.129 e. The maximum atomic E-state index is 13.4. The summed E-state index contributed by atoms with van der Waals surface area (Å²) in [6.07, 6.45) is 1.44. The number of nitrogens with one attached hydrogen (secondary N) is 1. The Hall–Kier alpha value is -1.00. The summed E-state index contributed by atoms with van der Waals surface area (Å²) < 4.78 is 26.1. The Labute approximate surface area is 94.8 Å². The standard InChI is InChI=1S/C12H18F2N2/c1-2-11(16-6-5-15)7-9-3-4-10(13)8-12(9)14/h3-4,8,11,16H,2,5-7,15H2,1H3. The van der Waals surface area contributed by atoms with Crippen molar-refractivity contribution in [3.05, 3.63) is 35.4 Å². The van der Waals surface area contributed by atoms with E-state index in [1.807, 2.05) is 6.92 Å². The third kappa shape index (κ3) is 3.87. The summed E-state index contributed by atoms with van der Waals surface area (Å²) in [5.41, 5.74) is 5.93. The lowest BCUT2D eigenvalue weighted by Crippen LogP contribution is -2.34. The van der Waals surface area contributed by atoms with Gasteiger partial charge in [0.2, 0.25) is 0 Å². The molecule has 0 aromatic heterocycles. The molecule has 0 spiro atoms. The van der Waals surface area contributed by atoms with Crippen LogP contribution in [0.2, 0.25) is 0 Å². The van der Waals surface area contributed by atoms with Gasteiger partial charge < -0.3 is 11.1 Å². The first-order chi connectivity index (χ1) is 7.67. The number of nitrogens with two attached hydrogens (primary N) is 1. The van der Waals surface area contributed by atoms with Gasteiger partial charge in [0.15, 0.2) is 0 Å². The second-order valence-electron chi connectivity index (χ2n) is 3.79. The second-order valence-corrected chi connectivity index (χ2v) is 3.79. The molecule has 1 rings (SSSR count). The van der Waals surface area contributed by atoms with E-state index in [0.717, 1.165) is 12.5 Å². The Kier molecular flexibility index (Phi) is 5.35. The number of rotatable bonds is 6. The molecule has 1 atom stereocenters. The summed E-state index contributed by atoms with van der Waals surface area (Å²) >= 11 is 0. The predicted molar refractivity (Wildman–Crippen MR) is 61.2 cm³/mol. The highest BCUT2D eigenvalue weighted by atomic mass is 19.1. The normalized spacial score (nSPS) is 12.8. The fourth-order valence-corrected chi connectivity index (χ4v) is 1.60. The summed E-state index contributed by atoms with van der Waals surface area (Å²) in [7, 11) is 0. The molecule has 1 unspecified atom stereocenters. The van der Waals surface area contributed by atoms with Gasteiger partial charge in [0.1, 0.15) is 11.6 Å². The van der Waals surface area contributed by atoms with Crippen LogP contribution in [0.3, 0.4) is 0 Å². The molecule has 0 aliphatic heterocycles. The number of halogens is 2. The van der Waals surface area contributed by atoms with Gasteiger partial charge in [-0.2, -0.15) is 0 Å². The minimum atomic E-state index is -0.538. The monoisotopic (exact) mass is 228 g/mol. The Bertz CT molecular complexity index is 329. The maximum absolute atomic E-state index is 13.4. The average Bonchev–Trinajstić information content (AvgIpc) is 2.27. The van der Waals surface area contributed by atoms with E-state index in [1.54, 1.807) is 0 Å². The lowest BCUT2D eigenvalue weighted by atomic mass is 10.0. The van der Waals surface area contributed by atoms with E-state index in [2.05, 4.69) is 5.32 Å². The Morgan fingerprint density at radius 1 is 1.38 bits per heavy atom. The van der Waals surface area contributed by atoms with Crippen LogP contribution >= 0.6 is 0 Å². The van der Waals surface area contributed by atoms with Gasteiger partial charge in [-0.25, -0.2) is 8.78 Å². The molecule has 1 aromatic carbocycles. The summed E-state index contributed by atoms with van der Waals surface area (Å²) in [4.78, 5) is 0. The fraction of sp³-hybridized carbons (Fsp3) is 0.500. The van der Waals surface area contributed by atoms with E-state index >= 15 is 0 Å². The van der Waals surface area contributed by atoms with Crippen molar-refractivity contribution in [3.63, 3.8) is 0 Å². The molecule has 0 bridgehead atoms. The summed E-state index contributed by atoms with van der Waals surface area (Å²) in [6.45, 7) is 3.29. The fourth-order valence-electron chi connectivity index (χ4n) is 1.60. The SMILES string of the molecule is CCC(Cc1ccc(F)cc1F)NCCN. The molecule has 0 amide bonds. The zero-order valence-corrected chi connectivity index (χ0v) is 9.47. The Morgan fingerprint density at radius 2 is 2.12 bits per heavy atom. The van der Waals surface area contributed by atoms with E-state index in [0.29, 0.717) is 25.1 Å². The molecule has 0 fully saturated rings. The zero-order chi connectivity index (χ0) is 12.0. The summed E-state index contributed by atoms with van der Waals surface area (Å²) in [5, 5.41) is 3.22. The second kappa shape index (κ2) is 6.55. The van der Waals surface area contributed by atoms with Crippen LogP contribution in [-0.2, 0) is 6.42 Å². The molecule has 0 aliphatic carbocycles. The van der Waals surface area contributed by atoms with Crippen molar-refractivity contribution in [1.29, 1.82) is 0 Å². The molecule has 1 aromatic rings. The summed E-state index contributed by atoms with van der Waals surface area (Å²) in [6, 6.07) is 3.89. The van der Waals surface area contributed by atoms with Crippen molar-refractivity contribution in [2.45, 2.75) is 25.8 Å². The molecular formula is C12H18F2N2. The highest BCUT2D eigenvalue weighted by molar-refractivity contribution is 5.19. The first-order valence-electron chi connectivity index (χ1n) is 5.54. The first-order valence-corrected chi connectivity index (χ1v) is 5.54. The van der Waals surface area contributed by atoms with Crippen LogP contribution < -0.4 is 11.1 Å². The van der Waals surface area contributed by atoms with Crippen LogP contribution in [-0.4, -0.2) is 19.1 Å². The number of hydrogen-bond acceptors (Lipinski definition) is 2. The highest BCUT2D eigenvalue weighted by Gasteiger charge is 2.10. The molecule has 3 N–H and O–H groups in total. The zero-order valence-electron chi connectivity index (χ0n) is 9.47. The van der Waals surface area contributed by atoms with Crippen LogP contribution in [0.5, 0.6) is 0 Å². The van der Waals surface area contributed by atoms with Gasteiger partial charge in [-0.3, -0.25) is 0 Å². The minimum Gasteiger partial charge on any atom is -0.329 e. The lowest BCUT2D eigenvalue weighted by molar-refractivity contribution is 0.486. The van der Waals surface area contributed by atoms with Crippen LogP contribution in [0.1, 0.15) is 18.9 Å². The van der Waals surface area contributed by atoms with Crippen LogP contribution in [0, 0.1) is 11.6 Å². The quantitative estimate of drug-likeness (QED) is 0.779. The van der Waals surface area contributed by atoms with Crippen molar-refractivity contribution in [2.24, 2.45) is 5.73 Å².